The van der Waals surface area contributed by atoms with E-state index in [1.165, 1.54) is 4.90 Å². The summed E-state index contributed by atoms with van der Waals surface area (Å²) in [5, 5.41) is 0. The maximum Gasteiger partial charge on any atom is 0.404 e. The van der Waals surface area contributed by atoms with E-state index in [-0.39, 0.29) is 18.5 Å². The molecule has 1 saturated carbocycles. The van der Waals surface area contributed by atoms with Gasteiger partial charge in [-0.05, 0) is 19.3 Å². The van der Waals surface area contributed by atoms with Gasteiger partial charge >= 0.3 is 6.18 Å². The molecule has 13 heavy (non-hydrogen) atoms. The molecule has 2 unspecified atom stereocenters. The topological polar surface area (TPSA) is 29.3 Å². The normalized spacial score (nSPS) is 36.9. The Morgan fingerprint density at radius 2 is 1.85 bits per heavy atom. The Kier molecular flexibility index (Phi) is 2.03. The molecule has 2 atom stereocenters. The van der Waals surface area contributed by atoms with Gasteiger partial charge in [0.25, 0.3) is 0 Å². The van der Waals surface area contributed by atoms with Gasteiger partial charge in [-0.15, -0.1) is 0 Å². The number of alkyl halides is 3. The van der Waals surface area contributed by atoms with Crippen LogP contribution in [0, 0.1) is 0 Å². The van der Waals surface area contributed by atoms with Crippen LogP contribution in [0.5, 0.6) is 0 Å². The van der Waals surface area contributed by atoms with Gasteiger partial charge in [0, 0.05) is 18.6 Å². The third kappa shape index (κ3) is 1.81. The molecule has 0 radical (unpaired) electrons. The Morgan fingerprint density at radius 1 is 1.23 bits per heavy atom. The summed E-state index contributed by atoms with van der Waals surface area (Å²) in [4.78, 5) is 1.53. The minimum Gasteiger partial charge on any atom is -0.326 e. The second kappa shape index (κ2) is 2.85. The number of rotatable bonds is 1. The molecule has 1 heterocycles. The fraction of sp³-hybridized carbons (Fsp3) is 1.00. The molecule has 0 bridgehead atoms. The van der Waals surface area contributed by atoms with Crippen LogP contribution >= 0.6 is 0 Å². The Morgan fingerprint density at radius 3 is 2.31 bits per heavy atom. The summed E-state index contributed by atoms with van der Waals surface area (Å²) in [6.07, 6.45) is -2.23. The minimum atomic E-state index is -4.10. The highest BCUT2D eigenvalue weighted by Gasteiger charge is 2.52. The third-order valence-corrected chi connectivity index (χ3v) is 2.77. The van der Waals surface area contributed by atoms with Gasteiger partial charge in [0.1, 0.15) is 6.04 Å². The predicted molar refractivity (Wildman–Crippen MR) is 42.2 cm³/mol. The lowest BCUT2D eigenvalue weighted by Crippen LogP contribution is -2.42. The molecule has 2 aliphatic rings. The van der Waals surface area contributed by atoms with E-state index in [0.717, 1.165) is 12.8 Å². The van der Waals surface area contributed by atoms with E-state index in [1.54, 1.807) is 0 Å². The predicted octanol–water partition coefficient (Wildman–Crippen LogP) is 1.11. The van der Waals surface area contributed by atoms with E-state index < -0.39 is 12.2 Å². The van der Waals surface area contributed by atoms with E-state index in [9.17, 15) is 13.2 Å². The molecule has 1 saturated heterocycles. The summed E-state index contributed by atoms with van der Waals surface area (Å²) in [6.45, 7) is 0.412. The number of hydrogen-bond acceptors (Lipinski definition) is 2. The monoisotopic (exact) mass is 194 g/mol. The van der Waals surface area contributed by atoms with Gasteiger partial charge in [0.05, 0.1) is 0 Å². The largest absolute Gasteiger partial charge is 0.404 e. The van der Waals surface area contributed by atoms with Crippen LogP contribution in [0.25, 0.3) is 0 Å². The molecular weight excluding hydrogens is 181 g/mol. The number of nitrogens with two attached hydrogens (primary N) is 1. The molecule has 0 aromatic rings. The van der Waals surface area contributed by atoms with Crippen LogP contribution in [0.3, 0.4) is 0 Å². The fourth-order valence-corrected chi connectivity index (χ4v) is 2.03. The van der Waals surface area contributed by atoms with Crippen molar-refractivity contribution in [1.29, 1.82) is 0 Å². The average molecular weight is 194 g/mol. The Hall–Kier alpha value is -0.290. The number of nitrogens with zero attached hydrogens (tertiary/aromatic N) is 1. The van der Waals surface area contributed by atoms with Crippen LogP contribution < -0.4 is 5.73 Å². The minimum absolute atomic E-state index is 0.0694. The Balaban J connectivity index is 2.07. The van der Waals surface area contributed by atoms with Gasteiger partial charge in [0.2, 0.25) is 0 Å². The SMILES string of the molecule is NC1CC(C(F)(F)F)N(C2CC2)C1. The lowest BCUT2D eigenvalue weighted by Gasteiger charge is -2.25. The van der Waals surface area contributed by atoms with Crippen molar-refractivity contribution in [2.24, 2.45) is 5.73 Å². The first kappa shape index (κ1) is 9.27. The Bertz CT molecular complexity index is 200. The maximum absolute atomic E-state index is 12.5. The lowest BCUT2D eigenvalue weighted by atomic mass is 10.2. The van der Waals surface area contributed by atoms with Crippen molar-refractivity contribution in [3.8, 4) is 0 Å². The highest BCUT2D eigenvalue weighted by molar-refractivity contribution is 4.99. The Labute approximate surface area is 74.9 Å². The van der Waals surface area contributed by atoms with Gasteiger partial charge in [-0.2, -0.15) is 13.2 Å². The molecule has 1 aliphatic heterocycles. The van der Waals surface area contributed by atoms with Gasteiger partial charge < -0.3 is 5.73 Å². The summed E-state index contributed by atoms with van der Waals surface area (Å²) in [5.74, 6) is 0. The summed E-state index contributed by atoms with van der Waals surface area (Å²) in [7, 11) is 0. The van der Waals surface area contributed by atoms with Crippen LogP contribution in [0.2, 0.25) is 0 Å². The molecule has 0 aromatic heterocycles. The quantitative estimate of drug-likeness (QED) is 0.677. The van der Waals surface area contributed by atoms with Crippen molar-refractivity contribution in [2.75, 3.05) is 6.54 Å². The molecule has 2 rings (SSSR count). The summed E-state index contributed by atoms with van der Waals surface area (Å²) in [6, 6.07) is -1.43. The van der Waals surface area contributed by atoms with E-state index in [2.05, 4.69) is 0 Å². The van der Waals surface area contributed by atoms with Crippen molar-refractivity contribution in [3.05, 3.63) is 0 Å². The number of likely N-dealkylation sites (tertiary alicyclic amines) is 1. The molecule has 76 valence electrons. The first-order chi connectivity index (χ1) is 5.98. The van der Waals surface area contributed by atoms with Crippen LogP contribution in [-0.2, 0) is 0 Å². The molecule has 5 heteroatoms. The first-order valence-electron chi connectivity index (χ1n) is 4.56. The molecule has 2 N–H and O–H groups in total. The standard InChI is InChI=1S/C8H13F3N2/c9-8(10,11)7-3-5(12)4-13(7)6-1-2-6/h5-7H,1-4,12H2. The highest BCUT2D eigenvalue weighted by Crippen LogP contribution is 2.39. The molecular formula is C8H13F3N2. The smallest absolute Gasteiger partial charge is 0.326 e. The molecule has 2 nitrogen and oxygen atoms in total. The van der Waals surface area contributed by atoms with Crippen LogP contribution in [-0.4, -0.2) is 35.7 Å². The van der Waals surface area contributed by atoms with Crippen LogP contribution in [0.15, 0.2) is 0 Å². The van der Waals surface area contributed by atoms with Crippen molar-refractivity contribution in [3.63, 3.8) is 0 Å². The van der Waals surface area contributed by atoms with Crippen LogP contribution in [0.4, 0.5) is 13.2 Å². The lowest BCUT2D eigenvalue weighted by molar-refractivity contribution is -0.177. The van der Waals surface area contributed by atoms with E-state index in [0.29, 0.717) is 6.54 Å². The van der Waals surface area contributed by atoms with Gasteiger partial charge in [-0.3, -0.25) is 4.90 Å². The summed E-state index contributed by atoms with van der Waals surface area (Å²) in [5.41, 5.74) is 5.54. The molecule has 0 spiro atoms. The van der Waals surface area contributed by atoms with E-state index in [4.69, 9.17) is 5.73 Å². The number of halogens is 3. The summed E-state index contributed by atoms with van der Waals surface area (Å²) < 4.78 is 37.4. The van der Waals surface area contributed by atoms with E-state index >= 15 is 0 Å². The second-order valence-corrected chi connectivity index (χ2v) is 3.98. The molecule has 2 fully saturated rings. The molecule has 1 aliphatic carbocycles. The van der Waals surface area contributed by atoms with Crippen molar-refractivity contribution in [2.45, 2.75) is 43.6 Å². The van der Waals surface area contributed by atoms with Crippen molar-refractivity contribution < 1.29 is 13.2 Å². The highest BCUT2D eigenvalue weighted by atomic mass is 19.4. The fourth-order valence-electron chi connectivity index (χ4n) is 2.03. The zero-order valence-corrected chi connectivity index (χ0v) is 7.22. The van der Waals surface area contributed by atoms with Gasteiger partial charge in [0.15, 0.2) is 0 Å². The van der Waals surface area contributed by atoms with Gasteiger partial charge in [-0.25, -0.2) is 0 Å². The summed E-state index contributed by atoms with van der Waals surface area (Å²) >= 11 is 0. The maximum atomic E-state index is 12.5. The zero-order valence-electron chi connectivity index (χ0n) is 7.22. The molecule has 0 aromatic carbocycles. The molecule has 0 amide bonds. The van der Waals surface area contributed by atoms with Crippen molar-refractivity contribution >= 4 is 0 Å². The zero-order chi connectivity index (χ0) is 9.64. The second-order valence-electron chi connectivity index (χ2n) is 3.98. The average Bonchev–Trinajstić information content (AvgIpc) is 2.73. The van der Waals surface area contributed by atoms with Crippen molar-refractivity contribution in [1.82, 2.24) is 4.90 Å². The van der Waals surface area contributed by atoms with E-state index in [1.807, 2.05) is 0 Å². The first-order valence-corrected chi connectivity index (χ1v) is 4.56. The number of hydrogen-bond donors (Lipinski definition) is 1. The van der Waals surface area contributed by atoms with Gasteiger partial charge in [-0.1, -0.05) is 0 Å². The van der Waals surface area contributed by atoms with Crippen LogP contribution in [0.1, 0.15) is 19.3 Å². The third-order valence-electron chi connectivity index (χ3n) is 2.77.